The highest BCUT2D eigenvalue weighted by molar-refractivity contribution is 8.77. The summed E-state index contributed by atoms with van der Waals surface area (Å²) < 4.78 is 26.8. The maximum atomic E-state index is 13.2. The van der Waals surface area contributed by atoms with E-state index in [0.717, 1.165) is 25.7 Å². The van der Waals surface area contributed by atoms with Gasteiger partial charge in [-0.1, -0.05) is 21.6 Å². The Morgan fingerprint density at radius 2 is 1.00 bits per heavy atom. The third-order valence-corrected chi connectivity index (χ3v) is 8.76. The fourth-order valence-corrected chi connectivity index (χ4v) is 6.17. The second-order valence-electron chi connectivity index (χ2n) is 6.42. The molecule has 106 valence electrons. The van der Waals surface area contributed by atoms with Gasteiger partial charge in [0, 0.05) is 9.49 Å². The van der Waals surface area contributed by atoms with E-state index in [-0.39, 0.29) is 9.49 Å². The second kappa shape index (κ2) is 5.90. The van der Waals surface area contributed by atoms with Crippen LogP contribution in [0.4, 0.5) is 8.78 Å². The monoisotopic (exact) mass is 294 g/mol. The molecule has 18 heavy (non-hydrogen) atoms. The molecule has 0 N–H and O–H groups in total. The Balaban J connectivity index is 1.80. The maximum Gasteiger partial charge on any atom is 0.100 e. The zero-order valence-electron chi connectivity index (χ0n) is 11.4. The predicted octanol–water partition coefficient (Wildman–Crippen LogP) is 5.71. The fourth-order valence-electron chi connectivity index (χ4n) is 2.75. The first-order valence-corrected chi connectivity index (χ1v) is 9.21. The summed E-state index contributed by atoms with van der Waals surface area (Å²) in [4.78, 5) is 0. The van der Waals surface area contributed by atoms with Crippen molar-refractivity contribution in [2.75, 3.05) is 0 Å². The van der Waals surface area contributed by atoms with Gasteiger partial charge in [-0.3, -0.25) is 0 Å². The normalized spacial score (nSPS) is 46.0. The van der Waals surface area contributed by atoms with Gasteiger partial charge in [0.1, 0.15) is 12.3 Å². The molecular weight excluding hydrogens is 270 g/mol. The van der Waals surface area contributed by atoms with E-state index in [9.17, 15) is 8.78 Å². The Morgan fingerprint density at radius 3 is 1.28 bits per heavy atom. The average molecular weight is 294 g/mol. The molecule has 0 aromatic carbocycles. The summed E-state index contributed by atoms with van der Waals surface area (Å²) in [5.41, 5.74) is 0. The lowest BCUT2D eigenvalue weighted by atomic mass is 9.89. The van der Waals surface area contributed by atoms with Crippen molar-refractivity contribution in [3.05, 3.63) is 0 Å². The van der Waals surface area contributed by atoms with E-state index in [1.165, 1.54) is 0 Å². The van der Waals surface area contributed by atoms with Crippen molar-refractivity contribution in [2.24, 2.45) is 0 Å². The third kappa shape index (κ3) is 4.03. The van der Waals surface area contributed by atoms with Gasteiger partial charge in [0.05, 0.1) is 0 Å². The molecule has 0 amide bonds. The molecule has 2 fully saturated rings. The summed E-state index contributed by atoms with van der Waals surface area (Å²) in [7, 11) is 3.87. The van der Waals surface area contributed by atoms with E-state index in [4.69, 9.17) is 0 Å². The summed E-state index contributed by atoms with van der Waals surface area (Å²) in [6.45, 7) is 4.53. The molecule has 0 bridgehead atoms. The zero-order valence-corrected chi connectivity index (χ0v) is 13.0. The maximum absolute atomic E-state index is 13.2. The smallest absolute Gasteiger partial charge is 0.100 e. The van der Waals surface area contributed by atoms with Crippen LogP contribution in [0.3, 0.4) is 0 Å². The molecule has 0 radical (unpaired) electrons. The van der Waals surface area contributed by atoms with Gasteiger partial charge in [-0.2, -0.15) is 0 Å². The van der Waals surface area contributed by atoms with Crippen molar-refractivity contribution in [3.63, 3.8) is 0 Å². The van der Waals surface area contributed by atoms with E-state index in [0.29, 0.717) is 25.7 Å². The highest BCUT2D eigenvalue weighted by Crippen LogP contribution is 2.54. The number of rotatable bonds is 3. The van der Waals surface area contributed by atoms with Crippen molar-refractivity contribution in [1.29, 1.82) is 0 Å². The van der Waals surface area contributed by atoms with Crippen molar-refractivity contribution in [2.45, 2.75) is 87.1 Å². The first-order valence-electron chi connectivity index (χ1n) is 7.06. The van der Waals surface area contributed by atoms with Crippen molar-refractivity contribution < 1.29 is 8.78 Å². The van der Waals surface area contributed by atoms with E-state index in [1.807, 2.05) is 21.6 Å². The van der Waals surface area contributed by atoms with Crippen LogP contribution in [0.25, 0.3) is 0 Å². The molecule has 0 nitrogen and oxygen atoms in total. The third-order valence-electron chi connectivity index (χ3n) is 4.39. The number of hydrogen-bond donors (Lipinski definition) is 0. The van der Waals surface area contributed by atoms with Crippen LogP contribution in [0.15, 0.2) is 0 Å². The molecule has 0 aliphatic heterocycles. The van der Waals surface area contributed by atoms with Gasteiger partial charge in [0.2, 0.25) is 0 Å². The van der Waals surface area contributed by atoms with E-state index in [2.05, 4.69) is 13.8 Å². The van der Waals surface area contributed by atoms with Gasteiger partial charge in [-0.15, -0.1) is 0 Å². The van der Waals surface area contributed by atoms with Crippen LogP contribution >= 0.6 is 21.6 Å². The highest BCUT2D eigenvalue weighted by Gasteiger charge is 2.37. The second-order valence-corrected chi connectivity index (χ2v) is 9.72. The quantitative estimate of drug-likeness (QED) is 0.611. The molecular formula is C14H24F2S2. The van der Waals surface area contributed by atoms with Crippen molar-refractivity contribution in [1.82, 2.24) is 0 Å². The van der Waals surface area contributed by atoms with Crippen LogP contribution in [-0.2, 0) is 0 Å². The average Bonchev–Trinajstić information content (AvgIpc) is 2.36. The van der Waals surface area contributed by atoms with Crippen LogP contribution in [0.5, 0.6) is 0 Å². The fraction of sp³-hybridized carbons (Fsp3) is 1.00. The Bertz CT molecular complexity index is 239. The van der Waals surface area contributed by atoms with Crippen LogP contribution in [0.1, 0.15) is 65.2 Å². The Morgan fingerprint density at radius 1 is 0.722 bits per heavy atom. The summed E-state index contributed by atoms with van der Waals surface area (Å²) in [5.74, 6) is 0. The Labute approximate surface area is 117 Å². The van der Waals surface area contributed by atoms with Crippen LogP contribution in [0.2, 0.25) is 0 Å². The van der Waals surface area contributed by atoms with Gasteiger partial charge in [0.25, 0.3) is 0 Å². The SMILES string of the molecule is CC1(SSC2(C)CCC(F)CC2)CCC(F)CC1. The lowest BCUT2D eigenvalue weighted by Crippen LogP contribution is -2.31. The van der Waals surface area contributed by atoms with E-state index in [1.54, 1.807) is 0 Å². The molecule has 0 aromatic heterocycles. The zero-order chi connectivity index (χ0) is 13.2. The molecule has 0 atom stereocenters. The van der Waals surface area contributed by atoms with Gasteiger partial charge >= 0.3 is 0 Å². The van der Waals surface area contributed by atoms with Gasteiger partial charge < -0.3 is 0 Å². The molecule has 2 aliphatic carbocycles. The van der Waals surface area contributed by atoms with Crippen LogP contribution < -0.4 is 0 Å². The van der Waals surface area contributed by atoms with Gasteiger partial charge in [-0.25, -0.2) is 8.78 Å². The summed E-state index contributed by atoms with van der Waals surface area (Å²) in [5, 5.41) is 0. The molecule has 2 saturated carbocycles. The minimum absolute atomic E-state index is 0.225. The summed E-state index contributed by atoms with van der Waals surface area (Å²) >= 11 is 0. The Hall–Kier alpha value is 0.560. The van der Waals surface area contributed by atoms with E-state index < -0.39 is 12.3 Å². The molecule has 0 spiro atoms. The molecule has 0 unspecified atom stereocenters. The lowest BCUT2D eigenvalue weighted by molar-refractivity contribution is 0.228. The van der Waals surface area contributed by atoms with Crippen molar-refractivity contribution in [3.8, 4) is 0 Å². The van der Waals surface area contributed by atoms with Crippen LogP contribution in [0, 0.1) is 0 Å². The highest BCUT2D eigenvalue weighted by atomic mass is 33.1. The topological polar surface area (TPSA) is 0 Å². The minimum atomic E-state index is -0.582. The molecule has 4 heteroatoms. The molecule has 0 heterocycles. The Kier molecular flexibility index (Phi) is 4.91. The molecule has 2 aliphatic rings. The molecule has 2 rings (SSSR count). The van der Waals surface area contributed by atoms with Gasteiger partial charge in [0.15, 0.2) is 0 Å². The molecule has 0 aromatic rings. The summed E-state index contributed by atoms with van der Waals surface area (Å²) in [6.07, 6.45) is 5.62. The largest absolute Gasteiger partial charge is 0.247 e. The molecule has 0 saturated heterocycles. The minimum Gasteiger partial charge on any atom is -0.247 e. The van der Waals surface area contributed by atoms with E-state index >= 15 is 0 Å². The first-order chi connectivity index (χ1) is 8.41. The van der Waals surface area contributed by atoms with Crippen molar-refractivity contribution >= 4 is 21.6 Å². The standard InChI is InChI=1S/C14H24F2S2/c1-13(7-3-11(15)4-8-13)17-18-14(2)9-5-12(16)6-10-14/h11-12H,3-10H2,1-2H3. The van der Waals surface area contributed by atoms with Gasteiger partial charge in [-0.05, 0) is 65.2 Å². The lowest BCUT2D eigenvalue weighted by Gasteiger charge is -2.39. The summed E-state index contributed by atoms with van der Waals surface area (Å²) in [6, 6.07) is 0. The number of alkyl halides is 2. The van der Waals surface area contributed by atoms with Crippen LogP contribution in [-0.4, -0.2) is 21.8 Å². The number of hydrogen-bond acceptors (Lipinski definition) is 2. The first kappa shape index (κ1) is 15.0. The number of halogens is 2. The predicted molar refractivity (Wildman–Crippen MR) is 78.7 cm³/mol.